The van der Waals surface area contributed by atoms with E-state index in [4.69, 9.17) is 10.2 Å². The van der Waals surface area contributed by atoms with Crippen molar-refractivity contribution >= 4 is 11.9 Å². The number of nitrogens with zero attached hydrogens (tertiary/aromatic N) is 3. The molecule has 0 spiro atoms. The van der Waals surface area contributed by atoms with Gasteiger partial charge in [0.25, 0.3) is 0 Å². The zero-order valence-corrected chi connectivity index (χ0v) is 8.44. The molecule has 0 radical (unpaired) electrons. The molecule has 0 amide bonds. The van der Waals surface area contributed by atoms with Crippen LogP contribution in [0, 0.1) is 0 Å². The van der Waals surface area contributed by atoms with Gasteiger partial charge in [-0.2, -0.15) is 0 Å². The van der Waals surface area contributed by atoms with Gasteiger partial charge in [-0.05, 0) is 18.2 Å². The van der Waals surface area contributed by atoms with Gasteiger partial charge in [-0.1, -0.05) is 0 Å². The smallest absolute Gasteiger partial charge is 0.336 e. The Hall–Kier alpha value is -2.70. The maximum absolute atomic E-state index is 10.9. The quantitative estimate of drug-likeness (QED) is 0.806. The molecule has 17 heavy (non-hydrogen) atoms. The van der Waals surface area contributed by atoms with Crippen LogP contribution < -0.4 is 0 Å². The molecule has 0 aliphatic heterocycles. The van der Waals surface area contributed by atoms with Gasteiger partial charge in [0.05, 0.1) is 11.1 Å². The van der Waals surface area contributed by atoms with E-state index in [1.807, 2.05) is 0 Å². The molecule has 1 aromatic carbocycles. The molecule has 0 unspecified atom stereocenters. The van der Waals surface area contributed by atoms with Crippen molar-refractivity contribution in [3.63, 3.8) is 0 Å². The second-order valence-electron chi connectivity index (χ2n) is 3.21. The second kappa shape index (κ2) is 4.05. The molecular weight excluding hydrogens is 226 g/mol. The number of aromatic carboxylic acids is 2. The highest BCUT2D eigenvalue weighted by molar-refractivity contribution is 6.02. The van der Waals surface area contributed by atoms with Crippen molar-refractivity contribution in [1.82, 2.24) is 14.8 Å². The van der Waals surface area contributed by atoms with Crippen molar-refractivity contribution in [2.24, 2.45) is 0 Å². The number of carbonyl (C=O) groups is 2. The minimum absolute atomic E-state index is 0.255. The Morgan fingerprint density at radius 2 is 1.59 bits per heavy atom. The third kappa shape index (κ3) is 1.98. The first-order valence-electron chi connectivity index (χ1n) is 4.55. The van der Waals surface area contributed by atoms with Gasteiger partial charge in [0.15, 0.2) is 0 Å². The Bertz CT molecular complexity index is 577. The number of benzene rings is 1. The highest BCUT2D eigenvalue weighted by atomic mass is 16.4. The molecule has 2 N–H and O–H groups in total. The van der Waals surface area contributed by atoms with Crippen LogP contribution in [-0.4, -0.2) is 36.9 Å². The third-order valence-electron chi connectivity index (χ3n) is 2.18. The molecular formula is C10H7N3O4. The fourth-order valence-electron chi connectivity index (χ4n) is 1.39. The van der Waals surface area contributed by atoms with Gasteiger partial charge in [-0.3, -0.25) is 4.57 Å². The Morgan fingerprint density at radius 1 is 1.00 bits per heavy atom. The zero-order valence-electron chi connectivity index (χ0n) is 8.44. The fourth-order valence-corrected chi connectivity index (χ4v) is 1.39. The van der Waals surface area contributed by atoms with Gasteiger partial charge in [0, 0.05) is 5.69 Å². The first-order valence-corrected chi connectivity index (χ1v) is 4.55. The van der Waals surface area contributed by atoms with Gasteiger partial charge >= 0.3 is 11.9 Å². The number of carboxylic acid groups (broad SMARTS) is 2. The zero-order chi connectivity index (χ0) is 12.4. The van der Waals surface area contributed by atoms with Crippen molar-refractivity contribution in [1.29, 1.82) is 0 Å². The molecule has 0 aliphatic carbocycles. The van der Waals surface area contributed by atoms with Gasteiger partial charge in [-0.15, -0.1) is 10.2 Å². The van der Waals surface area contributed by atoms with Crippen molar-refractivity contribution in [3.8, 4) is 5.69 Å². The van der Waals surface area contributed by atoms with Crippen LogP contribution in [-0.2, 0) is 0 Å². The average molecular weight is 233 g/mol. The monoisotopic (exact) mass is 233 g/mol. The van der Waals surface area contributed by atoms with E-state index in [9.17, 15) is 9.59 Å². The largest absolute Gasteiger partial charge is 0.478 e. The number of carboxylic acids is 2. The van der Waals surface area contributed by atoms with E-state index in [2.05, 4.69) is 10.2 Å². The molecule has 0 saturated carbocycles. The minimum atomic E-state index is -1.29. The third-order valence-corrected chi connectivity index (χ3v) is 2.18. The summed E-state index contributed by atoms with van der Waals surface area (Å²) in [5.41, 5.74) is -0.0459. The summed E-state index contributed by atoms with van der Waals surface area (Å²) >= 11 is 0. The lowest BCUT2D eigenvalue weighted by Crippen LogP contribution is -2.09. The van der Waals surface area contributed by atoms with Gasteiger partial charge in [0.1, 0.15) is 12.7 Å². The minimum Gasteiger partial charge on any atom is -0.478 e. The number of rotatable bonds is 3. The molecule has 0 saturated heterocycles. The van der Waals surface area contributed by atoms with Crippen LogP contribution in [0.1, 0.15) is 20.7 Å². The van der Waals surface area contributed by atoms with Crippen molar-refractivity contribution in [2.75, 3.05) is 0 Å². The lowest BCUT2D eigenvalue weighted by molar-refractivity contribution is 0.0651. The molecule has 1 heterocycles. The van der Waals surface area contributed by atoms with Crippen LogP contribution in [0.3, 0.4) is 0 Å². The van der Waals surface area contributed by atoms with Crippen molar-refractivity contribution < 1.29 is 19.8 Å². The Balaban J connectivity index is 2.57. The fraction of sp³-hybridized carbons (Fsp3) is 0. The van der Waals surface area contributed by atoms with Crippen LogP contribution >= 0.6 is 0 Å². The summed E-state index contributed by atoms with van der Waals surface area (Å²) in [6.45, 7) is 0. The van der Waals surface area contributed by atoms with E-state index in [-0.39, 0.29) is 11.1 Å². The highest BCUT2D eigenvalue weighted by Gasteiger charge is 2.16. The van der Waals surface area contributed by atoms with E-state index in [0.717, 1.165) is 0 Å². The molecule has 86 valence electrons. The Kier molecular flexibility index (Phi) is 2.57. The van der Waals surface area contributed by atoms with E-state index >= 15 is 0 Å². The first kappa shape index (κ1) is 10.8. The van der Waals surface area contributed by atoms with E-state index in [0.29, 0.717) is 5.69 Å². The molecule has 0 fully saturated rings. The number of hydrogen-bond donors (Lipinski definition) is 2. The van der Waals surface area contributed by atoms with E-state index < -0.39 is 11.9 Å². The van der Waals surface area contributed by atoms with Crippen molar-refractivity contribution in [2.45, 2.75) is 0 Å². The summed E-state index contributed by atoms with van der Waals surface area (Å²) < 4.78 is 1.48. The van der Waals surface area contributed by atoms with Gasteiger partial charge < -0.3 is 10.2 Å². The molecule has 1 aromatic heterocycles. The van der Waals surface area contributed by atoms with E-state index in [1.54, 1.807) is 0 Å². The molecule has 2 aromatic rings. The van der Waals surface area contributed by atoms with Crippen LogP contribution in [0.25, 0.3) is 5.69 Å². The standard InChI is InChI=1S/C10H7N3O4/c14-9(15)7-2-1-6(3-8(7)10(16)17)13-4-11-12-5-13/h1-5H,(H,14,15)(H,16,17). The van der Waals surface area contributed by atoms with Crippen LogP contribution in [0.2, 0.25) is 0 Å². The topological polar surface area (TPSA) is 105 Å². The van der Waals surface area contributed by atoms with Gasteiger partial charge in [-0.25, -0.2) is 9.59 Å². The predicted molar refractivity (Wildman–Crippen MR) is 55.3 cm³/mol. The summed E-state index contributed by atoms with van der Waals surface area (Å²) in [6.07, 6.45) is 2.78. The number of aromatic nitrogens is 3. The molecule has 0 bridgehead atoms. The van der Waals surface area contributed by atoms with Crippen molar-refractivity contribution in [3.05, 3.63) is 42.0 Å². The summed E-state index contributed by atoms with van der Waals surface area (Å²) in [5.74, 6) is -2.57. The normalized spacial score (nSPS) is 10.1. The molecule has 2 rings (SSSR count). The lowest BCUT2D eigenvalue weighted by Gasteiger charge is -2.05. The highest BCUT2D eigenvalue weighted by Crippen LogP contribution is 2.15. The van der Waals surface area contributed by atoms with E-state index in [1.165, 1.54) is 35.4 Å². The molecule has 7 heteroatoms. The average Bonchev–Trinajstić information content (AvgIpc) is 2.81. The summed E-state index contributed by atoms with van der Waals surface area (Å²) in [7, 11) is 0. The van der Waals surface area contributed by atoms with Crippen LogP contribution in [0.4, 0.5) is 0 Å². The van der Waals surface area contributed by atoms with Crippen LogP contribution in [0.15, 0.2) is 30.9 Å². The summed E-state index contributed by atoms with van der Waals surface area (Å²) in [4.78, 5) is 21.8. The molecule has 7 nitrogen and oxygen atoms in total. The van der Waals surface area contributed by atoms with Crippen LogP contribution in [0.5, 0.6) is 0 Å². The maximum atomic E-state index is 10.9. The first-order chi connectivity index (χ1) is 8.09. The summed E-state index contributed by atoms with van der Waals surface area (Å²) in [5, 5.41) is 24.9. The molecule has 0 aliphatic rings. The lowest BCUT2D eigenvalue weighted by atomic mass is 10.1. The Morgan fingerprint density at radius 3 is 2.12 bits per heavy atom. The SMILES string of the molecule is O=C(O)c1ccc(-n2cnnc2)cc1C(=O)O. The maximum Gasteiger partial charge on any atom is 0.336 e. The summed E-state index contributed by atoms with van der Waals surface area (Å²) in [6, 6.07) is 3.98. The number of hydrogen-bond acceptors (Lipinski definition) is 4. The molecule has 0 atom stereocenters. The predicted octanol–water partition coefficient (Wildman–Crippen LogP) is 0.664. The van der Waals surface area contributed by atoms with Gasteiger partial charge in [0.2, 0.25) is 0 Å². The Labute approximate surface area is 95.0 Å². The second-order valence-corrected chi connectivity index (χ2v) is 3.21.